The van der Waals surface area contributed by atoms with Gasteiger partial charge in [-0.25, -0.2) is 15.0 Å². The van der Waals surface area contributed by atoms with Gasteiger partial charge in [-0.05, 0) is 20.8 Å². The van der Waals surface area contributed by atoms with Crippen LogP contribution in [-0.2, 0) is 0 Å². The molecule has 6 nitrogen and oxygen atoms in total. The van der Waals surface area contributed by atoms with Gasteiger partial charge in [0, 0.05) is 0 Å². The molecule has 0 amide bonds. The molecule has 0 spiro atoms. The molecule has 90 valence electrons. The van der Waals surface area contributed by atoms with Crippen LogP contribution >= 0.6 is 11.6 Å². The van der Waals surface area contributed by atoms with Crippen LogP contribution in [0.5, 0.6) is 0 Å². The predicted molar refractivity (Wildman–Crippen MR) is 64.9 cm³/mol. The number of rotatable bonds is 3. The quantitative estimate of drug-likeness (QED) is 0.874. The lowest BCUT2D eigenvalue weighted by Crippen LogP contribution is -2.11. The lowest BCUT2D eigenvalue weighted by Gasteiger charge is -2.12. The molecule has 0 saturated carbocycles. The van der Waals surface area contributed by atoms with Crippen molar-refractivity contribution in [3.63, 3.8) is 0 Å². The summed E-state index contributed by atoms with van der Waals surface area (Å²) in [6.07, 6.45) is 1.57. The van der Waals surface area contributed by atoms with Crippen molar-refractivity contribution in [3.05, 3.63) is 28.7 Å². The van der Waals surface area contributed by atoms with E-state index in [1.807, 2.05) is 20.8 Å². The molecular formula is C10H13ClN6. The van der Waals surface area contributed by atoms with Crippen LogP contribution in [0.1, 0.15) is 30.4 Å². The maximum Gasteiger partial charge on any atom is 0.172 e. The van der Waals surface area contributed by atoms with Gasteiger partial charge < -0.3 is 5.32 Å². The third kappa shape index (κ3) is 2.71. The third-order valence-electron chi connectivity index (χ3n) is 2.22. The lowest BCUT2D eigenvalue weighted by molar-refractivity contribution is 0.787. The van der Waals surface area contributed by atoms with Crippen LogP contribution in [0, 0.1) is 13.8 Å². The summed E-state index contributed by atoms with van der Waals surface area (Å²) in [6.45, 7) is 5.60. The molecule has 7 heteroatoms. The zero-order valence-corrected chi connectivity index (χ0v) is 10.6. The number of nitrogens with zero attached hydrogens (tertiary/aromatic N) is 4. The standard InChI is InChI=1S/C10H13ClN6/c1-5(9-15-7(3)16-17-9)13-10-8(11)4-12-6(2)14-10/h4-5H,1-3H3,(H,12,13,14)(H,15,16,17). The van der Waals surface area contributed by atoms with Gasteiger partial charge in [-0.15, -0.1) is 0 Å². The van der Waals surface area contributed by atoms with Gasteiger partial charge in [0.15, 0.2) is 5.82 Å². The topological polar surface area (TPSA) is 79.4 Å². The first-order valence-corrected chi connectivity index (χ1v) is 5.58. The molecule has 0 aliphatic rings. The summed E-state index contributed by atoms with van der Waals surface area (Å²) in [5, 5.41) is 10.5. The molecule has 2 heterocycles. The maximum atomic E-state index is 6.00. The van der Waals surface area contributed by atoms with E-state index in [1.54, 1.807) is 6.20 Å². The molecule has 0 aromatic carbocycles. The van der Waals surface area contributed by atoms with E-state index in [4.69, 9.17) is 11.6 Å². The van der Waals surface area contributed by atoms with Gasteiger partial charge in [-0.1, -0.05) is 11.6 Å². The second-order valence-corrected chi connectivity index (χ2v) is 4.17. The fraction of sp³-hybridized carbons (Fsp3) is 0.400. The molecule has 2 N–H and O–H groups in total. The molecule has 2 aromatic rings. The second-order valence-electron chi connectivity index (χ2n) is 3.76. The van der Waals surface area contributed by atoms with E-state index in [-0.39, 0.29) is 6.04 Å². The Morgan fingerprint density at radius 2 is 2.12 bits per heavy atom. The predicted octanol–water partition coefficient (Wildman–Crippen LogP) is 2.04. The molecule has 1 atom stereocenters. The number of nitrogens with one attached hydrogen (secondary N) is 2. The van der Waals surface area contributed by atoms with Gasteiger partial charge >= 0.3 is 0 Å². The Balaban J connectivity index is 2.18. The van der Waals surface area contributed by atoms with Crippen LogP contribution in [-0.4, -0.2) is 25.1 Å². The van der Waals surface area contributed by atoms with E-state index < -0.39 is 0 Å². The second kappa shape index (κ2) is 4.67. The van der Waals surface area contributed by atoms with Crippen LogP contribution in [0.4, 0.5) is 5.82 Å². The summed E-state index contributed by atoms with van der Waals surface area (Å²) in [6, 6.07) is -0.0771. The minimum atomic E-state index is -0.0771. The zero-order chi connectivity index (χ0) is 12.4. The van der Waals surface area contributed by atoms with E-state index in [2.05, 4.69) is 30.5 Å². The fourth-order valence-corrected chi connectivity index (χ4v) is 1.53. The zero-order valence-electron chi connectivity index (χ0n) is 9.82. The Morgan fingerprint density at radius 3 is 2.76 bits per heavy atom. The van der Waals surface area contributed by atoms with Crippen molar-refractivity contribution in [3.8, 4) is 0 Å². The number of anilines is 1. The first kappa shape index (κ1) is 11.8. The van der Waals surface area contributed by atoms with Crippen molar-refractivity contribution >= 4 is 17.4 Å². The maximum absolute atomic E-state index is 6.00. The van der Waals surface area contributed by atoms with Gasteiger partial charge in [0.2, 0.25) is 0 Å². The van der Waals surface area contributed by atoms with Crippen LogP contribution < -0.4 is 5.32 Å². The molecular weight excluding hydrogens is 240 g/mol. The normalized spacial score (nSPS) is 12.5. The number of aromatic nitrogens is 5. The Labute approximate surface area is 104 Å². The van der Waals surface area contributed by atoms with Crippen LogP contribution in [0.3, 0.4) is 0 Å². The SMILES string of the molecule is Cc1ncc(Cl)c(NC(C)c2n[nH]c(C)n2)n1. The highest BCUT2D eigenvalue weighted by molar-refractivity contribution is 6.32. The summed E-state index contributed by atoms with van der Waals surface area (Å²) in [7, 11) is 0. The molecule has 0 fully saturated rings. The molecule has 1 unspecified atom stereocenters. The highest BCUT2D eigenvalue weighted by Crippen LogP contribution is 2.22. The lowest BCUT2D eigenvalue weighted by atomic mass is 10.3. The smallest absolute Gasteiger partial charge is 0.172 e. The van der Waals surface area contributed by atoms with Crippen molar-refractivity contribution < 1.29 is 0 Å². The fourth-order valence-electron chi connectivity index (χ4n) is 1.38. The molecule has 0 aliphatic heterocycles. The molecule has 2 aromatic heterocycles. The van der Waals surface area contributed by atoms with Crippen molar-refractivity contribution in [2.24, 2.45) is 0 Å². The number of aromatic amines is 1. The summed E-state index contributed by atoms with van der Waals surface area (Å²) in [5.74, 6) is 2.71. The van der Waals surface area contributed by atoms with E-state index in [0.29, 0.717) is 22.5 Å². The van der Waals surface area contributed by atoms with Crippen LogP contribution in [0.2, 0.25) is 5.02 Å². The number of H-pyrrole nitrogens is 1. The van der Waals surface area contributed by atoms with E-state index >= 15 is 0 Å². The summed E-state index contributed by atoms with van der Waals surface area (Å²) in [4.78, 5) is 12.5. The highest BCUT2D eigenvalue weighted by Gasteiger charge is 2.13. The van der Waals surface area contributed by atoms with Gasteiger partial charge in [-0.2, -0.15) is 5.10 Å². The van der Waals surface area contributed by atoms with E-state index in [9.17, 15) is 0 Å². The Bertz CT molecular complexity index is 523. The van der Waals surface area contributed by atoms with Crippen molar-refractivity contribution in [1.82, 2.24) is 25.1 Å². The average Bonchev–Trinajstić information content (AvgIpc) is 2.70. The summed E-state index contributed by atoms with van der Waals surface area (Å²) in [5.41, 5.74) is 0. The Hall–Kier alpha value is -1.69. The number of hydrogen-bond donors (Lipinski definition) is 2. The molecule has 2 rings (SSSR count). The monoisotopic (exact) mass is 252 g/mol. The van der Waals surface area contributed by atoms with Gasteiger partial charge in [-0.3, -0.25) is 5.10 Å². The number of hydrogen-bond acceptors (Lipinski definition) is 5. The minimum absolute atomic E-state index is 0.0771. The van der Waals surface area contributed by atoms with E-state index in [0.717, 1.165) is 5.82 Å². The summed E-state index contributed by atoms with van der Waals surface area (Å²) < 4.78 is 0. The third-order valence-corrected chi connectivity index (χ3v) is 2.50. The van der Waals surface area contributed by atoms with Crippen molar-refractivity contribution in [1.29, 1.82) is 0 Å². The van der Waals surface area contributed by atoms with Gasteiger partial charge in [0.25, 0.3) is 0 Å². The van der Waals surface area contributed by atoms with Crippen molar-refractivity contribution in [2.45, 2.75) is 26.8 Å². The number of aryl methyl sites for hydroxylation is 2. The molecule has 0 radical (unpaired) electrons. The Kier molecular flexibility index (Phi) is 3.23. The molecule has 17 heavy (non-hydrogen) atoms. The first-order chi connectivity index (χ1) is 8.06. The van der Waals surface area contributed by atoms with Gasteiger partial charge in [0.05, 0.1) is 12.2 Å². The average molecular weight is 253 g/mol. The Morgan fingerprint density at radius 1 is 1.35 bits per heavy atom. The van der Waals surface area contributed by atoms with E-state index in [1.165, 1.54) is 0 Å². The summed E-state index contributed by atoms with van der Waals surface area (Å²) >= 11 is 6.00. The first-order valence-electron chi connectivity index (χ1n) is 5.21. The highest BCUT2D eigenvalue weighted by atomic mass is 35.5. The largest absolute Gasteiger partial charge is 0.359 e. The molecule has 0 saturated heterocycles. The van der Waals surface area contributed by atoms with Gasteiger partial charge in [0.1, 0.15) is 22.5 Å². The van der Waals surface area contributed by atoms with Crippen molar-refractivity contribution in [2.75, 3.05) is 5.32 Å². The molecule has 0 aliphatic carbocycles. The molecule has 0 bridgehead atoms. The number of halogens is 1. The van der Waals surface area contributed by atoms with Crippen LogP contribution in [0.25, 0.3) is 0 Å². The van der Waals surface area contributed by atoms with Crippen LogP contribution in [0.15, 0.2) is 6.20 Å². The minimum Gasteiger partial charge on any atom is -0.359 e.